The summed E-state index contributed by atoms with van der Waals surface area (Å²) in [5.74, 6) is 0. The van der Waals surface area contributed by atoms with E-state index in [1.807, 2.05) is 6.92 Å². The molecule has 0 aliphatic rings. The van der Waals surface area contributed by atoms with E-state index < -0.39 is 64.0 Å². The first-order chi connectivity index (χ1) is 14.6. The molecule has 0 rings (SSSR count). The third kappa shape index (κ3) is 11.1. The normalized spacial score (nSPS) is 17.2. The lowest BCUT2D eigenvalue weighted by molar-refractivity contribution is -0.578. The Morgan fingerprint density at radius 3 is 1.55 bits per heavy atom. The number of unbranched alkanes of at least 4 members (excludes halogenated alkanes) is 4. The molecule has 0 aromatic heterocycles. The first kappa shape index (κ1) is 28.8. The summed E-state index contributed by atoms with van der Waals surface area (Å²) in [5.41, 5.74) is 0. The summed E-state index contributed by atoms with van der Waals surface area (Å²) < 4.78 is 0. The average molecular weight is 450 g/mol. The van der Waals surface area contributed by atoms with E-state index in [0.717, 1.165) is 12.8 Å². The van der Waals surface area contributed by atoms with Crippen LogP contribution in [0.3, 0.4) is 0 Å². The number of carbonyl (C=O) groups excluding carboxylic acids is 1. The number of rotatable bonds is 19. The first-order valence-corrected chi connectivity index (χ1v) is 10.4. The number of hydrogen-bond acceptors (Lipinski definition) is 10. The summed E-state index contributed by atoms with van der Waals surface area (Å²) in [6, 6.07) is -5.36. The zero-order chi connectivity index (χ0) is 24.0. The van der Waals surface area contributed by atoms with Crippen LogP contribution in [-0.4, -0.2) is 72.8 Å². The van der Waals surface area contributed by atoms with Crippen molar-refractivity contribution in [3.63, 3.8) is 0 Å². The predicted octanol–water partition coefficient (Wildman–Crippen LogP) is 1.04. The molecule has 0 fully saturated rings. The number of aliphatic hydroxyl groups excluding tert-OH is 3. The molecule has 0 saturated heterocycles. The fourth-order valence-corrected chi connectivity index (χ4v) is 3.34. The van der Waals surface area contributed by atoms with Gasteiger partial charge in [-0.15, -0.1) is 0 Å². The average Bonchev–Trinajstić information content (AvgIpc) is 2.68. The van der Waals surface area contributed by atoms with E-state index in [1.165, 1.54) is 0 Å². The van der Waals surface area contributed by atoms with Crippen LogP contribution in [0.4, 0.5) is 0 Å². The van der Waals surface area contributed by atoms with Gasteiger partial charge in [0, 0.05) is 21.2 Å². The molecule has 13 heteroatoms. The predicted molar refractivity (Wildman–Crippen MR) is 108 cm³/mol. The van der Waals surface area contributed by atoms with Gasteiger partial charge in [0.2, 0.25) is 18.1 Å². The highest BCUT2D eigenvalue weighted by atomic mass is 16.6. The molecule has 31 heavy (non-hydrogen) atoms. The number of hydrogen-bond donors (Lipinski definition) is 3. The van der Waals surface area contributed by atoms with Gasteiger partial charge in [0.1, 0.15) is 18.3 Å². The smallest absolute Gasteiger partial charge is 0.245 e. The van der Waals surface area contributed by atoms with Crippen LogP contribution in [0.1, 0.15) is 71.1 Å². The van der Waals surface area contributed by atoms with Gasteiger partial charge in [-0.2, -0.15) is 0 Å². The second-order valence-corrected chi connectivity index (χ2v) is 7.62. The molecule has 0 aromatic carbocycles. The van der Waals surface area contributed by atoms with Crippen LogP contribution < -0.4 is 0 Å². The van der Waals surface area contributed by atoms with Crippen LogP contribution in [0, 0.1) is 30.3 Å². The summed E-state index contributed by atoms with van der Waals surface area (Å²) in [7, 11) is 0. The van der Waals surface area contributed by atoms with Crippen LogP contribution in [0.5, 0.6) is 0 Å². The highest BCUT2D eigenvalue weighted by molar-refractivity contribution is 5.50. The lowest BCUT2D eigenvalue weighted by Crippen LogP contribution is -2.46. The molecule has 0 aromatic rings. The largest absolute Gasteiger partial charge is 0.386 e. The lowest BCUT2D eigenvalue weighted by Gasteiger charge is -2.23. The summed E-state index contributed by atoms with van der Waals surface area (Å²) in [6.45, 7) is 1.91. The molecule has 0 bridgehead atoms. The minimum atomic E-state index is -1.93. The van der Waals surface area contributed by atoms with Gasteiger partial charge < -0.3 is 15.3 Å². The number of nitro groups is 3. The van der Waals surface area contributed by atoms with Crippen molar-refractivity contribution in [1.82, 2.24) is 0 Å². The topological polar surface area (TPSA) is 207 Å². The Kier molecular flexibility index (Phi) is 14.4. The maximum atomic E-state index is 11.4. The molecular formula is C18H32N3O10. The Morgan fingerprint density at radius 2 is 1.13 bits per heavy atom. The third-order valence-corrected chi connectivity index (χ3v) is 5.24. The monoisotopic (exact) mass is 450 g/mol. The summed E-state index contributed by atoms with van der Waals surface area (Å²) in [4.78, 5) is 41.6. The molecule has 1 radical (unpaired) electrons. The Bertz CT molecular complexity index is 577. The summed E-state index contributed by atoms with van der Waals surface area (Å²) >= 11 is 0. The van der Waals surface area contributed by atoms with Crippen LogP contribution in [0.25, 0.3) is 0 Å². The van der Waals surface area contributed by atoms with Crippen molar-refractivity contribution in [2.45, 2.75) is 108 Å². The number of nitrogens with zero attached hydrogens (tertiary/aromatic N) is 3. The van der Waals surface area contributed by atoms with Gasteiger partial charge in [0.05, 0.1) is 12.8 Å². The quantitative estimate of drug-likeness (QED) is 0.145. The van der Waals surface area contributed by atoms with Crippen molar-refractivity contribution in [3.8, 4) is 0 Å². The van der Waals surface area contributed by atoms with Crippen molar-refractivity contribution in [2.24, 2.45) is 0 Å². The molecule has 0 aliphatic carbocycles. The molecule has 0 saturated carbocycles. The van der Waals surface area contributed by atoms with Crippen LogP contribution in [-0.2, 0) is 4.79 Å². The van der Waals surface area contributed by atoms with Gasteiger partial charge in [-0.3, -0.25) is 35.1 Å². The summed E-state index contributed by atoms with van der Waals surface area (Å²) in [5, 5.41) is 64.5. The fraction of sp³-hybridized carbons (Fsp3) is 0.944. The molecule has 0 aliphatic heterocycles. The van der Waals surface area contributed by atoms with Gasteiger partial charge in [-0.25, -0.2) is 0 Å². The molecular weight excluding hydrogens is 418 g/mol. The molecule has 0 heterocycles. The highest BCUT2D eigenvalue weighted by Gasteiger charge is 2.44. The molecule has 0 amide bonds. The second kappa shape index (κ2) is 15.5. The van der Waals surface area contributed by atoms with Gasteiger partial charge in [0.15, 0.2) is 6.29 Å². The fourth-order valence-electron chi connectivity index (χ4n) is 3.34. The van der Waals surface area contributed by atoms with E-state index in [0.29, 0.717) is 12.8 Å². The van der Waals surface area contributed by atoms with E-state index in [-0.39, 0.29) is 25.7 Å². The van der Waals surface area contributed by atoms with Crippen LogP contribution in [0.2, 0.25) is 0 Å². The van der Waals surface area contributed by atoms with Crippen molar-refractivity contribution in [3.05, 3.63) is 30.3 Å². The maximum absolute atomic E-state index is 11.4. The van der Waals surface area contributed by atoms with E-state index in [2.05, 4.69) is 0 Å². The van der Waals surface area contributed by atoms with E-state index >= 15 is 0 Å². The third-order valence-electron chi connectivity index (χ3n) is 5.24. The molecule has 6 atom stereocenters. The van der Waals surface area contributed by atoms with E-state index in [4.69, 9.17) is 0 Å². The SMILES string of the molecule is CCCCCC(O)C(CC(O)C(CC(C(O)CCCC[C]=O)[N+](=O)[O-])[N+](=O)[O-])[N+](=O)[O-]. The molecule has 3 N–H and O–H groups in total. The Hall–Kier alpha value is -2.25. The van der Waals surface area contributed by atoms with Crippen molar-refractivity contribution >= 4 is 6.29 Å². The van der Waals surface area contributed by atoms with Gasteiger partial charge in [-0.1, -0.05) is 32.6 Å². The van der Waals surface area contributed by atoms with Gasteiger partial charge in [-0.05, 0) is 19.3 Å². The van der Waals surface area contributed by atoms with Crippen molar-refractivity contribution in [2.75, 3.05) is 0 Å². The minimum Gasteiger partial charge on any atom is -0.386 e. The van der Waals surface area contributed by atoms with E-state index in [1.54, 1.807) is 6.29 Å². The molecule has 13 nitrogen and oxygen atoms in total. The lowest BCUT2D eigenvalue weighted by atomic mass is 9.91. The second-order valence-electron chi connectivity index (χ2n) is 7.62. The van der Waals surface area contributed by atoms with E-state index in [9.17, 15) is 50.5 Å². The Morgan fingerprint density at radius 1 is 0.710 bits per heavy atom. The van der Waals surface area contributed by atoms with Crippen LogP contribution in [0.15, 0.2) is 0 Å². The highest BCUT2D eigenvalue weighted by Crippen LogP contribution is 2.21. The standard InChI is InChI=1S/C18H32N3O10/c1-2-3-5-8-17(24)15(21(30)31)12-18(25)14(20(28)29)11-13(19(26)27)16(23)9-6-4-7-10-22/h13-18,23-25H,2-9,11-12H2,1H3. The zero-order valence-electron chi connectivity index (χ0n) is 17.6. The molecule has 0 spiro atoms. The van der Waals surface area contributed by atoms with Gasteiger partial charge >= 0.3 is 0 Å². The first-order valence-electron chi connectivity index (χ1n) is 10.4. The minimum absolute atomic E-state index is 0.0818. The summed E-state index contributed by atoms with van der Waals surface area (Å²) in [6.07, 6.45) is -2.08. The van der Waals surface area contributed by atoms with Crippen LogP contribution >= 0.6 is 0 Å². The van der Waals surface area contributed by atoms with Crippen molar-refractivity contribution in [1.29, 1.82) is 0 Å². The molecule has 6 unspecified atom stereocenters. The Balaban J connectivity index is 5.21. The van der Waals surface area contributed by atoms with Crippen molar-refractivity contribution < 1.29 is 34.9 Å². The number of aliphatic hydroxyl groups is 3. The maximum Gasteiger partial charge on any atom is 0.245 e. The van der Waals surface area contributed by atoms with Gasteiger partial charge in [0.25, 0.3) is 0 Å². The zero-order valence-corrected chi connectivity index (χ0v) is 17.6. The molecule has 179 valence electrons. The Labute approximate surface area is 179 Å².